The van der Waals surface area contributed by atoms with Gasteiger partial charge in [-0.05, 0) is 25.2 Å². The molecule has 3 atom stereocenters. The quantitative estimate of drug-likeness (QED) is 0.449. The van der Waals surface area contributed by atoms with Crippen molar-refractivity contribution in [3.8, 4) is 0 Å². The average Bonchev–Trinajstić information content (AvgIpc) is 3.00. The van der Waals surface area contributed by atoms with Crippen LogP contribution in [-0.2, 0) is 14.4 Å². The summed E-state index contributed by atoms with van der Waals surface area (Å²) in [5.41, 5.74) is 6.25. The molecule has 0 aromatic heterocycles. The fraction of sp³-hybridized carbons (Fsp3) is 0.583. The normalized spacial score (nSPS) is 20.5. The van der Waals surface area contributed by atoms with Gasteiger partial charge in [-0.25, -0.2) is 4.79 Å². The van der Waals surface area contributed by atoms with Crippen LogP contribution in [-0.4, -0.2) is 40.1 Å². The first-order valence-electron chi connectivity index (χ1n) is 5.99. The molecule has 19 heavy (non-hydrogen) atoms. The third-order valence-electron chi connectivity index (χ3n) is 3.08. The lowest BCUT2D eigenvalue weighted by Crippen LogP contribution is -2.42. The predicted molar refractivity (Wildman–Crippen MR) is 66.3 cm³/mol. The number of hydrogen-bond acceptors (Lipinski definition) is 4. The van der Waals surface area contributed by atoms with Gasteiger partial charge in [0.1, 0.15) is 12.1 Å². The number of allylic oxidation sites excluding steroid dienone is 1. The van der Waals surface area contributed by atoms with Crippen molar-refractivity contribution in [3.63, 3.8) is 0 Å². The van der Waals surface area contributed by atoms with Gasteiger partial charge in [0.15, 0.2) is 0 Å². The zero-order chi connectivity index (χ0) is 14.6. The SMILES string of the molecule is C=C1CC1C[C@H](NC(=O)CC[C@H](N)C(=O)O)C(=O)O. The second kappa shape index (κ2) is 6.33. The van der Waals surface area contributed by atoms with Crippen LogP contribution < -0.4 is 11.1 Å². The van der Waals surface area contributed by atoms with Crippen LogP contribution >= 0.6 is 0 Å². The van der Waals surface area contributed by atoms with Crippen molar-refractivity contribution in [2.45, 2.75) is 37.8 Å². The van der Waals surface area contributed by atoms with Crippen LogP contribution in [0.4, 0.5) is 0 Å². The van der Waals surface area contributed by atoms with Crippen LogP contribution in [0.2, 0.25) is 0 Å². The summed E-state index contributed by atoms with van der Waals surface area (Å²) in [7, 11) is 0. The van der Waals surface area contributed by atoms with Gasteiger partial charge in [0.05, 0.1) is 0 Å². The number of amides is 1. The predicted octanol–water partition coefficient (Wildman–Crippen LogP) is -0.286. The van der Waals surface area contributed by atoms with E-state index in [9.17, 15) is 14.4 Å². The van der Waals surface area contributed by atoms with E-state index >= 15 is 0 Å². The Balaban J connectivity index is 2.36. The van der Waals surface area contributed by atoms with Crippen molar-refractivity contribution in [1.82, 2.24) is 5.32 Å². The van der Waals surface area contributed by atoms with Crippen LogP contribution in [0, 0.1) is 5.92 Å². The molecule has 1 saturated carbocycles. The Morgan fingerprint density at radius 2 is 1.95 bits per heavy atom. The number of carbonyl (C=O) groups is 3. The number of aliphatic carboxylic acids is 2. The maximum Gasteiger partial charge on any atom is 0.326 e. The molecule has 0 aromatic carbocycles. The first kappa shape index (κ1) is 15.2. The minimum atomic E-state index is -1.18. The van der Waals surface area contributed by atoms with Crippen LogP contribution in [0.5, 0.6) is 0 Å². The van der Waals surface area contributed by atoms with Crippen LogP contribution in [0.25, 0.3) is 0 Å². The molecule has 0 heterocycles. The third-order valence-corrected chi connectivity index (χ3v) is 3.08. The van der Waals surface area contributed by atoms with Crippen LogP contribution in [0.15, 0.2) is 12.2 Å². The van der Waals surface area contributed by atoms with Gasteiger partial charge < -0.3 is 21.3 Å². The number of rotatable bonds is 8. The lowest BCUT2D eigenvalue weighted by molar-refractivity contribution is -0.142. The molecule has 1 amide bonds. The van der Waals surface area contributed by atoms with E-state index in [0.717, 1.165) is 12.0 Å². The Labute approximate surface area is 110 Å². The highest BCUT2D eigenvalue weighted by atomic mass is 16.4. The lowest BCUT2D eigenvalue weighted by atomic mass is 10.1. The molecule has 0 bridgehead atoms. The highest BCUT2D eigenvalue weighted by Crippen LogP contribution is 2.39. The van der Waals surface area contributed by atoms with E-state index in [1.54, 1.807) is 0 Å². The second-order valence-corrected chi connectivity index (χ2v) is 4.74. The molecule has 0 aromatic rings. The van der Waals surface area contributed by atoms with E-state index in [1.807, 2.05) is 0 Å². The summed E-state index contributed by atoms with van der Waals surface area (Å²) in [5, 5.41) is 19.9. The summed E-state index contributed by atoms with van der Waals surface area (Å²) in [4.78, 5) is 33.0. The molecule has 7 nitrogen and oxygen atoms in total. The van der Waals surface area contributed by atoms with Gasteiger partial charge in [-0.15, -0.1) is 0 Å². The van der Waals surface area contributed by atoms with E-state index in [1.165, 1.54) is 0 Å². The number of hydrogen-bond donors (Lipinski definition) is 4. The highest BCUT2D eigenvalue weighted by Gasteiger charge is 2.33. The van der Waals surface area contributed by atoms with Gasteiger partial charge in [0, 0.05) is 6.42 Å². The Morgan fingerprint density at radius 3 is 2.37 bits per heavy atom. The van der Waals surface area contributed by atoms with Gasteiger partial charge in [0.25, 0.3) is 0 Å². The molecule has 1 fully saturated rings. The van der Waals surface area contributed by atoms with E-state index in [-0.39, 0.29) is 18.8 Å². The zero-order valence-electron chi connectivity index (χ0n) is 10.5. The van der Waals surface area contributed by atoms with E-state index in [2.05, 4.69) is 11.9 Å². The maximum absolute atomic E-state index is 11.5. The summed E-state index contributed by atoms with van der Waals surface area (Å²) in [6, 6.07) is -2.07. The first-order valence-corrected chi connectivity index (χ1v) is 5.99. The monoisotopic (exact) mass is 270 g/mol. The molecule has 106 valence electrons. The number of carboxylic acids is 2. The molecule has 0 radical (unpaired) electrons. The molecule has 5 N–H and O–H groups in total. The van der Waals surface area contributed by atoms with Crippen molar-refractivity contribution >= 4 is 17.8 Å². The van der Waals surface area contributed by atoms with Gasteiger partial charge in [0.2, 0.25) is 5.91 Å². The lowest BCUT2D eigenvalue weighted by Gasteiger charge is -2.14. The van der Waals surface area contributed by atoms with Crippen molar-refractivity contribution < 1.29 is 24.6 Å². The van der Waals surface area contributed by atoms with Crippen molar-refractivity contribution in [3.05, 3.63) is 12.2 Å². The molecule has 1 unspecified atom stereocenters. The Morgan fingerprint density at radius 1 is 1.37 bits per heavy atom. The van der Waals surface area contributed by atoms with Gasteiger partial charge in [-0.2, -0.15) is 0 Å². The summed E-state index contributed by atoms with van der Waals surface area (Å²) in [6.07, 6.45) is 0.987. The first-order chi connectivity index (χ1) is 8.81. The molecule has 1 aliphatic carbocycles. The van der Waals surface area contributed by atoms with Crippen LogP contribution in [0.1, 0.15) is 25.7 Å². The van der Waals surface area contributed by atoms with Gasteiger partial charge in [-0.3, -0.25) is 9.59 Å². The van der Waals surface area contributed by atoms with E-state index in [0.29, 0.717) is 6.42 Å². The average molecular weight is 270 g/mol. The maximum atomic E-state index is 11.5. The molecule has 0 aliphatic heterocycles. The van der Waals surface area contributed by atoms with Crippen molar-refractivity contribution in [2.75, 3.05) is 0 Å². The van der Waals surface area contributed by atoms with Crippen LogP contribution in [0.3, 0.4) is 0 Å². The fourth-order valence-electron chi connectivity index (χ4n) is 1.69. The fourth-order valence-corrected chi connectivity index (χ4v) is 1.69. The molecular formula is C12H18N2O5. The van der Waals surface area contributed by atoms with E-state index < -0.39 is 29.9 Å². The van der Waals surface area contributed by atoms with Gasteiger partial charge in [-0.1, -0.05) is 12.2 Å². The minimum Gasteiger partial charge on any atom is -0.480 e. The summed E-state index contributed by atoms with van der Waals surface area (Å²) in [6.45, 7) is 3.73. The smallest absolute Gasteiger partial charge is 0.326 e. The summed E-state index contributed by atoms with van der Waals surface area (Å²) >= 11 is 0. The molecule has 1 aliphatic rings. The molecule has 0 spiro atoms. The van der Waals surface area contributed by atoms with E-state index in [4.69, 9.17) is 15.9 Å². The largest absolute Gasteiger partial charge is 0.480 e. The highest BCUT2D eigenvalue weighted by molar-refractivity contribution is 5.84. The molecular weight excluding hydrogens is 252 g/mol. The number of nitrogens with one attached hydrogen (secondary N) is 1. The Bertz CT molecular complexity index is 407. The number of carbonyl (C=O) groups excluding carboxylic acids is 1. The standard InChI is InChI=1S/C12H18N2O5/c1-6-4-7(6)5-9(12(18)19)14-10(15)3-2-8(13)11(16)17/h7-9H,1-5,13H2,(H,14,15)(H,16,17)(H,18,19)/t7?,8-,9-/m0/s1. The second-order valence-electron chi connectivity index (χ2n) is 4.74. The zero-order valence-corrected chi connectivity index (χ0v) is 10.5. The molecule has 7 heteroatoms. The number of nitrogens with two attached hydrogens (primary N) is 1. The summed E-state index contributed by atoms with van der Waals surface area (Å²) < 4.78 is 0. The number of carboxylic acid groups (broad SMARTS) is 2. The third kappa shape index (κ3) is 5.09. The molecule has 1 rings (SSSR count). The minimum absolute atomic E-state index is 0.0242. The van der Waals surface area contributed by atoms with Gasteiger partial charge >= 0.3 is 11.9 Å². The Hall–Kier alpha value is -1.89. The molecule has 0 saturated heterocycles. The topological polar surface area (TPSA) is 130 Å². The Kier molecular flexibility index (Phi) is 5.05. The van der Waals surface area contributed by atoms with Crippen molar-refractivity contribution in [1.29, 1.82) is 0 Å². The summed E-state index contributed by atoms with van der Waals surface area (Å²) in [5.74, 6) is -2.63. The van der Waals surface area contributed by atoms with Crippen molar-refractivity contribution in [2.24, 2.45) is 11.7 Å².